The van der Waals surface area contributed by atoms with Crippen molar-refractivity contribution in [2.45, 2.75) is 13.5 Å². The number of allylic oxidation sites excluding steroid dienone is 1. The van der Waals surface area contributed by atoms with Gasteiger partial charge in [-0.2, -0.15) is 0 Å². The predicted molar refractivity (Wildman–Crippen MR) is 66.9 cm³/mol. The van der Waals surface area contributed by atoms with Crippen molar-refractivity contribution in [3.63, 3.8) is 0 Å². The molecular weight excluding hydrogens is 222 g/mol. The molecule has 3 heteroatoms. The van der Waals surface area contributed by atoms with Crippen LogP contribution in [0.25, 0.3) is 10.9 Å². The number of para-hydroxylation sites is 1. The molecule has 0 unspecified atom stereocenters. The molecule has 0 saturated heterocycles. The smallest absolute Gasteiger partial charge is 0.152 e. The van der Waals surface area contributed by atoms with Crippen molar-refractivity contribution in [3.05, 3.63) is 47.1 Å². The molecule has 1 aromatic heterocycles. The van der Waals surface area contributed by atoms with E-state index >= 15 is 0 Å². The van der Waals surface area contributed by atoms with Crippen LogP contribution in [0.3, 0.4) is 0 Å². The lowest BCUT2D eigenvalue weighted by molar-refractivity contribution is 0.112. The molecule has 82 valence electrons. The first-order chi connectivity index (χ1) is 7.76. The standard InChI is InChI=1S/C13H12ClNO/c1-10(6-14)7-15-8-11(9-16)12-4-2-3-5-13(12)15/h2-6,8-9H,7H2,1H3/b10-6-. The summed E-state index contributed by atoms with van der Waals surface area (Å²) in [6.45, 7) is 2.67. The lowest BCUT2D eigenvalue weighted by atomic mass is 10.2. The Hall–Kier alpha value is -1.54. The molecule has 0 aliphatic carbocycles. The van der Waals surface area contributed by atoms with Gasteiger partial charge in [0.25, 0.3) is 0 Å². The fraction of sp³-hybridized carbons (Fsp3) is 0.154. The Morgan fingerprint density at radius 2 is 2.19 bits per heavy atom. The summed E-state index contributed by atoms with van der Waals surface area (Å²) in [4.78, 5) is 10.9. The Labute approximate surface area is 99.1 Å². The Balaban J connectivity index is 2.57. The summed E-state index contributed by atoms with van der Waals surface area (Å²) in [6, 6.07) is 7.86. The number of aldehydes is 1. The van der Waals surface area contributed by atoms with E-state index < -0.39 is 0 Å². The van der Waals surface area contributed by atoms with Crippen molar-refractivity contribution >= 4 is 28.8 Å². The molecule has 1 heterocycles. The van der Waals surface area contributed by atoms with E-state index in [0.717, 1.165) is 28.3 Å². The van der Waals surface area contributed by atoms with Crippen LogP contribution in [0.1, 0.15) is 17.3 Å². The summed E-state index contributed by atoms with van der Waals surface area (Å²) in [5.74, 6) is 0. The maximum absolute atomic E-state index is 10.9. The highest BCUT2D eigenvalue weighted by Gasteiger charge is 2.06. The van der Waals surface area contributed by atoms with Gasteiger partial charge in [-0.05, 0) is 18.6 Å². The highest BCUT2D eigenvalue weighted by Crippen LogP contribution is 2.20. The number of carbonyl (C=O) groups is 1. The molecule has 0 spiro atoms. The summed E-state index contributed by atoms with van der Waals surface area (Å²) in [5.41, 5.74) is 4.40. The number of nitrogens with zero attached hydrogens (tertiary/aromatic N) is 1. The Morgan fingerprint density at radius 3 is 2.88 bits per heavy atom. The second-order valence-corrected chi connectivity index (χ2v) is 4.02. The van der Waals surface area contributed by atoms with Gasteiger partial charge in [-0.15, -0.1) is 0 Å². The molecule has 0 fully saturated rings. The van der Waals surface area contributed by atoms with Crippen molar-refractivity contribution in [3.8, 4) is 0 Å². The van der Waals surface area contributed by atoms with Crippen molar-refractivity contribution in [1.29, 1.82) is 0 Å². The lowest BCUT2D eigenvalue weighted by Crippen LogP contribution is -1.96. The fourth-order valence-corrected chi connectivity index (χ4v) is 1.87. The molecule has 2 nitrogen and oxygen atoms in total. The average Bonchev–Trinajstić information content (AvgIpc) is 2.68. The van der Waals surface area contributed by atoms with E-state index in [1.54, 1.807) is 5.54 Å². The van der Waals surface area contributed by atoms with Crippen LogP contribution in [0.4, 0.5) is 0 Å². The quantitative estimate of drug-likeness (QED) is 0.743. The maximum Gasteiger partial charge on any atom is 0.152 e. The average molecular weight is 234 g/mol. The van der Waals surface area contributed by atoms with E-state index in [4.69, 9.17) is 11.6 Å². The Bertz CT molecular complexity index is 554. The number of aromatic nitrogens is 1. The molecule has 0 radical (unpaired) electrons. The first kappa shape index (κ1) is 11.0. The molecule has 0 atom stereocenters. The van der Waals surface area contributed by atoms with Crippen LogP contribution >= 0.6 is 11.6 Å². The van der Waals surface area contributed by atoms with Crippen LogP contribution in [0, 0.1) is 0 Å². The van der Waals surface area contributed by atoms with E-state index in [2.05, 4.69) is 0 Å². The normalized spacial score (nSPS) is 12.0. The molecule has 2 aromatic rings. The highest BCUT2D eigenvalue weighted by atomic mass is 35.5. The highest BCUT2D eigenvalue weighted by molar-refractivity contribution is 6.25. The van der Waals surface area contributed by atoms with Crippen LogP contribution in [-0.2, 0) is 6.54 Å². The molecule has 16 heavy (non-hydrogen) atoms. The monoisotopic (exact) mass is 233 g/mol. The van der Waals surface area contributed by atoms with Gasteiger partial charge < -0.3 is 4.57 Å². The molecular formula is C13H12ClNO. The third kappa shape index (κ3) is 1.89. The van der Waals surface area contributed by atoms with Crippen molar-refractivity contribution < 1.29 is 4.79 Å². The van der Waals surface area contributed by atoms with Gasteiger partial charge in [-0.3, -0.25) is 4.79 Å². The van der Waals surface area contributed by atoms with Crippen LogP contribution in [0.5, 0.6) is 0 Å². The lowest BCUT2D eigenvalue weighted by Gasteiger charge is -2.04. The van der Waals surface area contributed by atoms with Gasteiger partial charge in [0.05, 0.1) is 0 Å². The largest absolute Gasteiger partial charge is 0.343 e. The number of rotatable bonds is 3. The first-order valence-electron chi connectivity index (χ1n) is 5.05. The molecule has 0 amide bonds. The zero-order chi connectivity index (χ0) is 11.5. The molecule has 0 bridgehead atoms. The number of halogens is 1. The van der Waals surface area contributed by atoms with Gasteiger partial charge in [-0.25, -0.2) is 0 Å². The number of carbonyl (C=O) groups excluding carboxylic acids is 1. The van der Waals surface area contributed by atoms with Gasteiger partial charge >= 0.3 is 0 Å². The zero-order valence-electron chi connectivity index (χ0n) is 8.98. The van der Waals surface area contributed by atoms with Gasteiger partial charge in [0, 0.05) is 34.7 Å². The van der Waals surface area contributed by atoms with E-state index in [9.17, 15) is 4.79 Å². The third-order valence-corrected chi connectivity index (χ3v) is 2.92. The van der Waals surface area contributed by atoms with E-state index in [1.807, 2.05) is 42.0 Å². The van der Waals surface area contributed by atoms with Crippen LogP contribution in [0.2, 0.25) is 0 Å². The minimum absolute atomic E-state index is 0.706. The number of hydrogen-bond donors (Lipinski definition) is 0. The molecule has 0 aliphatic rings. The Morgan fingerprint density at radius 1 is 1.44 bits per heavy atom. The SMILES string of the molecule is C/C(=C/Cl)Cn1cc(C=O)c2ccccc21. The van der Waals surface area contributed by atoms with Crippen molar-refractivity contribution in [2.75, 3.05) is 0 Å². The molecule has 1 aromatic carbocycles. The second-order valence-electron chi connectivity index (χ2n) is 3.80. The summed E-state index contributed by atoms with van der Waals surface area (Å²) >= 11 is 5.65. The Kier molecular flexibility index (Phi) is 3.11. The topological polar surface area (TPSA) is 22.0 Å². The number of hydrogen-bond acceptors (Lipinski definition) is 1. The summed E-state index contributed by atoms with van der Waals surface area (Å²) in [6.07, 6.45) is 2.75. The van der Waals surface area contributed by atoms with E-state index in [-0.39, 0.29) is 0 Å². The summed E-state index contributed by atoms with van der Waals surface area (Å²) in [7, 11) is 0. The molecule has 0 N–H and O–H groups in total. The van der Waals surface area contributed by atoms with E-state index in [1.165, 1.54) is 0 Å². The zero-order valence-corrected chi connectivity index (χ0v) is 9.74. The summed E-state index contributed by atoms with van der Waals surface area (Å²) < 4.78 is 2.04. The molecule has 0 aliphatic heterocycles. The minimum atomic E-state index is 0.706. The van der Waals surface area contributed by atoms with Gasteiger partial charge in [0.15, 0.2) is 6.29 Å². The fourth-order valence-electron chi connectivity index (χ4n) is 1.80. The number of fused-ring (bicyclic) bond motifs is 1. The molecule has 2 rings (SSSR count). The summed E-state index contributed by atoms with van der Waals surface area (Å²) in [5, 5.41) is 0.986. The van der Waals surface area contributed by atoms with Gasteiger partial charge in [-0.1, -0.05) is 29.8 Å². The van der Waals surface area contributed by atoms with Gasteiger partial charge in [0.1, 0.15) is 0 Å². The minimum Gasteiger partial charge on any atom is -0.343 e. The maximum atomic E-state index is 10.9. The number of benzene rings is 1. The predicted octanol–water partition coefficient (Wildman–Crippen LogP) is 3.60. The van der Waals surface area contributed by atoms with Crippen molar-refractivity contribution in [1.82, 2.24) is 4.57 Å². The van der Waals surface area contributed by atoms with Crippen molar-refractivity contribution in [2.24, 2.45) is 0 Å². The van der Waals surface area contributed by atoms with E-state index in [0.29, 0.717) is 6.54 Å². The van der Waals surface area contributed by atoms with Crippen LogP contribution in [-0.4, -0.2) is 10.9 Å². The third-order valence-electron chi connectivity index (χ3n) is 2.55. The molecule has 0 saturated carbocycles. The first-order valence-corrected chi connectivity index (χ1v) is 5.49. The van der Waals surface area contributed by atoms with Gasteiger partial charge in [0.2, 0.25) is 0 Å². The van der Waals surface area contributed by atoms with Crippen LogP contribution < -0.4 is 0 Å². The van der Waals surface area contributed by atoms with Crippen LogP contribution in [0.15, 0.2) is 41.6 Å². The second kappa shape index (κ2) is 4.54.